The molecule has 1 unspecified atom stereocenters. The minimum Gasteiger partial charge on any atom is -0.493 e. The molecular weight excluding hydrogens is 417 g/mol. The topological polar surface area (TPSA) is 105 Å². The Labute approximate surface area is 183 Å². The molecule has 0 bridgehead atoms. The van der Waals surface area contributed by atoms with E-state index in [9.17, 15) is 14.0 Å². The van der Waals surface area contributed by atoms with E-state index in [-0.39, 0.29) is 17.5 Å². The van der Waals surface area contributed by atoms with Crippen molar-refractivity contribution in [1.82, 2.24) is 5.32 Å². The van der Waals surface area contributed by atoms with Crippen molar-refractivity contribution in [2.75, 3.05) is 25.7 Å². The van der Waals surface area contributed by atoms with Gasteiger partial charge in [-0.3, -0.25) is 10.1 Å². The number of benzene rings is 2. The SMILES string of the molecule is COc1ccc(CCN=C2N=CC3C(=O)N(c4cccc(F)c4)C(=O)NC3=N2)cc1OC. The molecule has 164 valence electrons. The molecule has 32 heavy (non-hydrogen) atoms. The van der Waals surface area contributed by atoms with Gasteiger partial charge in [-0.2, -0.15) is 4.99 Å². The first-order chi connectivity index (χ1) is 15.5. The maximum absolute atomic E-state index is 13.5. The molecule has 2 aliphatic rings. The zero-order valence-corrected chi connectivity index (χ0v) is 17.4. The van der Waals surface area contributed by atoms with E-state index in [0.717, 1.165) is 16.5 Å². The average Bonchev–Trinajstić information content (AvgIpc) is 2.79. The number of anilines is 1. The molecular formula is C22H20FN5O4. The highest BCUT2D eigenvalue weighted by Gasteiger charge is 2.40. The number of hydrogen-bond acceptors (Lipinski definition) is 5. The fourth-order valence-electron chi connectivity index (χ4n) is 3.37. The van der Waals surface area contributed by atoms with Gasteiger partial charge in [0.2, 0.25) is 5.96 Å². The number of rotatable bonds is 6. The van der Waals surface area contributed by atoms with Crippen molar-refractivity contribution in [2.24, 2.45) is 20.9 Å². The second-order valence-electron chi connectivity index (χ2n) is 6.96. The number of amides is 3. The summed E-state index contributed by atoms with van der Waals surface area (Å²) >= 11 is 0. The zero-order valence-electron chi connectivity index (χ0n) is 17.4. The summed E-state index contributed by atoms with van der Waals surface area (Å²) in [4.78, 5) is 38.9. The van der Waals surface area contributed by atoms with Crippen LogP contribution in [-0.4, -0.2) is 50.7 Å². The number of nitrogens with one attached hydrogen (secondary N) is 1. The van der Waals surface area contributed by atoms with Crippen molar-refractivity contribution in [2.45, 2.75) is 6.42 Å². The van der Waals surface area contributed by atoms with Crippen LogP contribution in [0.15, 0.2) is 57.4 Å². The average molecular weight is 437 g/mol. The van der Waals surface area contributed by atoms with Crippen LogP contribution >= 0.6 is 0 Å². The molecule has 1 atom stereocenters. The summed E-state index contributed by atoms with van der Waals surface area (Å²) in [7, 11) is 3.14. The number of ether oxygens (including phenoxy) is 2. The fraction of sp³-hybridized carbons (Fsp3) is 0.227. The molecule has 4 rings (SSSR count). The van der Waals surface area contributed by atoms with Crippen LogP contribution in [0.3, 0.4) is 0 Å². The number of imide groups is 1. The normalized spacial score (nSPS) is 18.8. The van der Waals surface area contributed by atoms with Crippen molar-refractivity contribution >= 4 is 35.6 Å². The van der Waals surface area contributed by atoms with Crippen LogP contribution in [0.1, 0.15) is 5.56 Å². The lowest BCUT2D eigenvalue weighted by Gasteiger charge is -2.31. The molecule has 0 aliphatic carbocycles. The first kappa shape index (κ1) is 21.2. The lowest BCUT2D eigenvalue weighted by atomic mass is 10.0. The van der Waals surface area contributed by atoms with Crippen LogP contribution in [0.2, 0.25) is 0 Å². The van der Waals surface area contributed by atoms with Crippen LogP contribution in [0.25, 0.3) is 0 Å². The second kappa shape index (κ2) is 8.96. The minimum absolute atomic E-state index is 0.134. The first-order valence-electron chi connectivity index (χ1n) is 9.79. The number of nitrogens with zero attached hydrogens (tertiary/aromatic N) is 4. The van der Waals surface area contributed by atoms with Gasteiger partial charge in [-0.05, 0) is 42.3 Å². The van der Waals surface area contributed by atoms with Crippen molar-refractivity contribution < 1.29 is 23.5 Å². The molecule has 2 aromatic rings. The van der Waals surface area contributed by atoms with Gasteiger partial charge in [0.05, 0.1) is 19.9 Å². The highest BCUT2D eigenvalue weighted by Crippen LogP contribution is 2.27. The van der Waals surface area contributed by atoms with Crippen molar-refractivity contribution in [3.8, 4) is 11.5 Å². The number of guanidine groups is 1. The van der Waals surface area contributed by atoms with Crippen molar-refractivity contribution in [3.63, 3.8) is 0 Å². The standard InChI is InChI=1S/C22H20FN5O4/c1-31-17-7-6-13(10-18(17)32-2)8-9-24-21-25-12-16-19(26-21)27-22(30)28(20(16)29)15-5-3-4-14(23)11-15/h3-7,10-12,16H,8-9H2,1-2H3,(H,24,26,27,30). The molecule has 0 radical (unpaired) electrons. The summed E-state index contributed by atoms with van der Waals surface area (Å²) in [6, 6.07) is 10.1. The minimum atomic E-state index is -0.874. The summed E-state index contributed by atoms with van der Waals surface area (Å²) in [5.74, 6) is -0.420. The van der Waals surface area contributed by atoms with E-state index in [1.807, 2.05) is 18.2 Å². The molecule has 1 fully saturated rings. The smallest absolute Gasteiger partial charge is 0.334 e. The predicted molar refractivity (Wildman–Crippen MR) is 117 cm³/mol. The molecule has 1 N–H and O–H groups in total. The van der Waals surface area contributed by atoms with E-state index in [1.165, 1.54) is 24.4 Å². The molecule has 1 saturated heterocycles. The molecule has 2 aliphatic heterocycles. The van der Waals surface area contributed by atoms with Crippen LogP contribution in [0.4, 0.5) is 14.9 Å². The molecule has 0 spiro atoms. The lowest BCUT2D eigenvalue weighted by Crippen LogP contribution is -2.59. The third-order valence-corrected chi connectivity index (χ3v) is 4.95. The summed E-state index contributed by atoms with van der Waals surface area (Å²) < 4.78 is 24.1. The fourth-order valence-corrected chi connectivity index (χ4v) is 3.37. The Morgan fingerprint density at radius 2 is 1.94 bits per heavy atom. The number of aliphatic imine (C=N–C) groups is 3. The van der Waals surface area contributed by atoms with Crippen molar-refractivity contribution in [3.05, 3.63) is 53.8 Å². The molecule has 0 aromatic heterocycles. The number of carbonyl (C=O) groups excluding carboxylic acids is 2. The predicted octanol–water partition coefficient (Wildman–Crippen LogP) is 2.60. The van der Waals surface area contributed by atoms with Gasteiger partial charge in [0.25, 0.3) is 5.91 Å². The highest BCUT2D eigenvalue weighted by molar-refractivity contribution is 6.36. The van der Waals surface area contributed by atoms with E-state index in [4.69, 9.17) is 9.47 Å². The van der Waals surface area contributed by atoms with Gasteiger partial charge >= 0.3 is 6.03 Å². The molecule has 10 heteroatoms. The maximum Gasteiger partial charge on any atom is 0.334 e. The number of amidine groups is 1. The van der Waals surface area contributed by atoms with Crippen LogP contribution in [0.5, 0.6) is 11.5 Å². The molecule has 2 heterocycles. The van der Waals surface area contributed by atoms with E-state index in [2.05, 4.69) is 20.3 Å². The molecule has 2 aromatic carbocycles. The number of urea groups is 1. The summed E-state index contributed by atoms with van der Waals surface area (Å²) in [6.45, 7) is 0.390. The third kappa shape index (κ3) is 4.20. The van der Waals surface area contributed by atoms with E-state index >= 15 is 0 Å². The Kier molecular flexibility index (Phi) is 5.93. The van der Waals surface area contributed by atoms with E-state index in [1.54, 1.807) is 14.2 Å². The quantitative estimate of drug-likeness (QED) is 0.750. The number of methoxy groups -OCH3 is 2. The van der Waals surface area contributed by atoms with Gasteiger partial charge in [-0.15, -0.1) is 0 Å². The van der Waals surface area contributed by atoms with Gasteiger partial charge < -0.3 is 9.47 Å². The maximum atomic E-state index is 13.5. The number of fused-ring (bicyclic) bond motifs is 1. The Morgan fingerprint density at radius 1 is 1.12 bits per heavy atom. The second-order valence-corrected chi connectivity index (χ2v) is 6.96. The number of hydrogen-bond donors (Lipinski definition) is 1. The van der Waals surface area contributed by atoms with Gasteiger partial charge in [0.1, 0.15) is 17.6 Å². The Hall–Kier alpha value is -4.08. The number of carbonyl (C=O) groups is 2. The van der Waals surface area contributed by atoms with E-state index < -0.39 is 23.7 Å². The van der Waals surface area contributed by atoms with Gasteiger partial charge in [-0.1, -0.05) is 12.1 Å². The summed E-state index contributed by atoms with van der Waals surface area (Å²) in [5, 5.41) is 2.57. The zero-order chi connectivity index (χ0) is 22.7. The van der Waals surface area contributed by atoms with Crippen molar-refractivity contribution in [1.29, 1.82) is 0 Å². The van der Waals surface area contributed by atoms with Gasteiger partial charge in [0.15, 0.2) is 11.5 Å². The van der Waals surface area contributed by atoms with Crippen LogP contribution < -0.4 is 19.7 Å². The first-order valence-corrected chi connectivity index (χ1v) is 9.79. The summed E-state index contributed by atoms with van der Waals surface area (Å²) in [5.41, 5.74) is 1.12. The highest BCUT2D eigenvalue weighted by atomic mass is 19.1. The molecule has 9 nitrogen and oxygen atoms in total. The number of halogens is 1. The van der Waals surface area contributed by atoms with Crippen LogP contribution in [0, 0.1) is 11.7 Å². The molecule has 3 amide bonds. The monoisotopic (exact) mass is 437 g/mol. The van der Waals surface area contributed by atoms with Crippen LogP contribution in [-0.2, 0) is 11.2 Å². The van der Waals surface area contributed by atoms with Gasteiger partial charge in [0, 0.05) is 12.8 Å². The largest absolute Gasteiger partial charge is 0.493 e. The Bertz CT molecular complexity index is 1160. The third-order valence-electron chi connectivity index (χ3n) is 4.95. The van der Waals surface area contributed by atoms with Gasteiger partial charge in [-0.25, -0.2) is 24.1 Å². The Morgan fingerprint density at radius 3 is 2.69 bits per heavy atom. The van der Waals surface area contributed by atoms with E-state index in [0.29, 0.717) is 24.5 Å². The Balaban J connectivity index is 1.45. The molecule has 0 saturated carbocycles. The lowest BCUT2D eigenvalue weighted by molar-refractivity contribution is -0.118. The summed E-state index contributed by atoms with van der Waals surface area (Å²) in [6.07, 6.45) is 1.98.